The minimum atomic E-state index is -0.598. The molecular formula is C16H22ClN3O2. The van der Waals surface area contributed by atoms with Gasteiger partial charge in [0.25, 0.3) is 0 Å². The molecule has 0 bridgehead atoms. The number of nitrogens with two attached hydrogens (primary N) is 1. The van der Waals surface area contributed by atoms with E-state index in [1.54, 1.807) is 0 Å². The number of likely N-dealkylation sites (tertiary alicyclic amines) is 1. The van der Waals surface area contributed by atoms with E-state index in [2.05, 4.69) is 5.32 Å². The number of piperidine rings is 1. The third-order valence-corrected chi connectivity index (χ3v) is 4.41. The second-order valence-corrected chi connectivity index (χ2v) is 6.08. The monoisotopic (exact) mass is 323 g/mol. The van der Waals surface area contributed by atoms with Gasteiger partial charge in [-0.2, -0.15) is 0 Å². The highest BCUT2D eigenvalue weighted by molar-refractivity contribution is 5.93. The summed E-state index contributed by atoms with van der Waals surface area (Å²) in [5, 5.41) is 2.93. The summed E-state index contributed by atoms with van der Waals surface area (Å²) in [7, 11) is 0. The van der Waals surface area contributed by atoms with Crippen molar-refractivity contribution in [3.63, 3.8) is 0 Å². The summed E-state index contributed by atoms with van der Waals surface area (Å²) >= 11 is 0. The fraction of sp³-hybridized carbons (Fsp3) is 0.500. The van der Waals surface area contributed by atoms with Crippen LogP contribution in [-0.2, 0) is 9.59 Å². The number of nitrogens with zero attached hydrogens (tertiary/aromatic N) is 1. The van der Waals surface area contributed by atoms with Crippen LogP contribution in [0.3, 0.4) is 0 Å². The van der Waals surface area contributed by atoms with Gasteiger partial charge in [-0.15, -0.1) is 12.4 Å². The summed E-state index contributed by atoms with van der Waals surface area (Å²) in [4.78, 5) is 26.2. The summed E-state index contributed by atoms with van der Waals surface area (Å²) < 4.78 is 0. The molecule has 0 spiro atoms. The van der Waals surface area contributed by atoms with Crippen LogP contribution in [0.4, 0.5) is 5.69 Å². The number of hydrogen-bond donors (Lipinski definition) is 2. The fourth-order valence-corrected chi connectivity index (χ4v) is 2.77. The Bertz CT molecular complexity index is 538. The zero-order valence-electron chi connectivity index (χ0n) is 12.5. The number of carbonyl (C=O) groups excluding carboxylic acids is 2. The van der Waals surface area contributed by atoms with E-state index in [1.165, 1.54) is 0 Å². The Morgan fingerprint density at radius 3 is 2.27 bits per heavy atom. The van der Waals surface area contributed by atoms with E-state index in [9.17, 15) is 9.59 Å². The lowest BCUT2D eigenvalue weighted by Crippen LogP contribution is -2.49. The molecule has 2 aliphatic rings. The average molecular weight is 324 g/mol. The van der Waals surface area contributed by atoms with E-state index in [0.717, 1.165) is 18.5 Å². The van der Waals surface area contributed by atoms with E-state index in [0.29, 0.717) is 25.9 Å². The molecule has 1 saturated heterocycles. The van der Waals surface area contributed by atoms with Crippen LogP contribution in [-0.4, -0.2) is 35.3 Å². The molecule has 1 aliphatic carbocycles. The van der Waals surface area contributed by atoms with Crippen molar-refractivity contribution in [2.45, 2.75) is 31.2 Å². The fourth-order valence-electron chi connectivity index (χ4n) is 2.77. The zero-order chi connectivity index (χ0) is 14.9. The number of rotatable bonds is 3. The van der Waals surface area contributed by atoms with Crippen molar-refractivity contribution in [2.75, 3.05) is 18.4 Å². The molecule has 1 aromatic carbocycles. The Morgan fingerprint density at radius 1 is 1.14 bits per heavy atom. The Morgan fingerprint density at radius 2 is 1.73 bits per heavy atom. The van der Waals surface area contributed by atoms with Crippen LogP contribution >= 0.6 is 12.4 Å². The molecule has 1 aliphatic heterocycles. The molecule has 120 valence electrons. The van der Waals surface area contributed by atoms with Gasteiger partial charge in [0, 0.05) is 24.7 Å². The van der Waals surface area contributed by atoms with Gasteiger partial charge in [0.1, 0.15) is 0 Å². The van der Waals surface area contributed by atoms with E-state index in [1.807, 2.05) is 35.2 Å². The Balaban J connectivity index is 0.00000176. The molecule has 0 unspecified atom stereocenters. The second-order valence-electron chi connectivity index (χ2n) is 6.08. The highest BCUT2D eigenvalue weighted by Gasteiger charge is 2.48. The lowest BCUT2D eigenvalue weighted by molar-refractivity contribution is -0.136. The summed E-state index contributed by atoms with van der Waals surface area (Å²) in [6.07, 6.45) is 3.00. The number of anilines is 1. The van der Waals surface area contributed by atoms with Gasteiger partial charge in [0.2, 0.25) is 11.8 Å². The van der Waals surface area contributed by atoms with Gasteiger partial charge in [-0.1, -0.05) is 18.2 Å². The highest BCUT2D eigenvalue weighted by Crippen LogP contribution is 2.35. The van der Waals surface area contributed by atoms with Crippen molar-refractivity contribution in [3.8, 4) is 0 Å². The molecule has 2 amide bonds. The molecule has 1 saturated carbocycles. The quantitative estimate of drug-likeness (QED) is 0.890. The topological polar surface area (TPSA) is 75.4 Å². The normalized spacial score (nSPS) is 20.0. The van der Waals surface area contributed by atoms with E-state index in [4.69, 9.17) is 5.73 Å². The number of carbonyl (C=O) groups is 2. The summed E-state index contributed by atoms with van der Waals surface area (Å²) in [5.74, 6) is 0.0776. The number of benzene rings is 1. The molecule has 3 N–H and O–H groups in total. The summed E-state index contributed by atoms with van der Waals surface area (Å²) in [5.41, 5.74) is 6.17. The van der Waals surface area contributed by atoms with Crippen molar-refractivity contribution in [2.24, 2.45) is 11.7 Å². The molecule has 1 aromatic rings. The van der Waals surface area contributed by atoms with Gasteiger partial charge < -0.3 is 16.0 Å². The van der Waals surface area contributed by atoms with Gasteiger partial charge in [-0.25, -0.2) is 0 Å². The van der Waals surface area contributed by atoms with Crippen molar-refractivity contribution >= 4 is 29.9 Å². The van der Waals surface area contributed by atoms with Crippen LogP contribution in [0.1, 0.15) is 25.7 Å². The smallest absolute Gasteiger partial charge is 0.242 e. The van der Waals surface area contributed by atoms with Crippen LogP contribution in [0.5, 0.6) is 0 Å². The Kier molecular flexibility index (Phi) is 5.08. The molecular weight excluding hydrogens is 302 g/mol. The third-order valence-electron chi connectivity index (χ3n) is 4.41. The van der Waals surface area contributed by atoms with Gasteiger partial charge in [0.15, 0.2) is 0 Å². The number of amides is 2. The van der Waals surface area contributed by atoms with Crippen LogP contribution in [0.2, 0.25) is 0 Å². The second kappa shape index (κ2) is 6.67. The lowest BCUT2D eigenvalue weighted by atomic mass is 9.95. The molecule has 5 nitrogen and oxygen atoms in total. The van der Waals surface area contributed by atoms with Crippen LogP contribution in [0, 0.1) is 5.92 Å². The van der Waals surface area contributed by atoms with Crippen molar-refractivity contribution in [1.82, 2.24) is 4.90 Å². The molecule has 22 heavy (non-hydrogen) atoms. The largest absolute Gasteiger partial charge is 0.341 e. The molecule has 6 heteroatoms. The minimum absolute atomic E-state index is 0. The SMILES string of the molecule is Cl.NC1(C(=O)N2CCC(C(=O)Nc3ccccc3)CC2)CC1. The number of halogens is 1. The average Bonchev–Trinajstić information content (AvgIpc) is 3.27. The van der Waals surface area contributed by atoms with Crippen molar-refractivity contribution in [1.29, 1.82) is 0 Å². The Labute approximate surface area is 136 Å². The Hall–Kier alpha value is -1.59. The van der Waals surface area contributed by atoms with Gasteiger partial charge in [-0.3, -0.25) is 9.59 Å². The summed E-state index contributed by atoms with van der Waals surface area (Å²) in [6.45, 7) is 1.26. The molecule has 2 fully saturated rings. The first-order valence-electron chi connectivity index (χ1n) is 7.53. The standard InChI is InChI=1S/C16H21N3O2.ClH/c17-16(8-9-16)15(21)19-10-6-12(7-11-19)14(20)18-13-4-2-1-3-5-13;/h1-5,12H,6-11,17H2,(H,18,20);1H. The minimum Gasteiger partial charge on any atom is -0.341 e. The predicted molar refractivity (Wildman–Crippen MR) is 87.8 cm³/mol. The molecule has 1 heterocycles. The van der Waals surface area contributed by atoms with E-state index < -0.39 is 5.54 Å². The maximum absolute atomic E-state index is 12.2. The molecule has 0 aromatic heterocycles. The van der Waals surface area contributed by atoms with Gasteiger partial charge >= 0.3 is 0 Å². The van der Waals surface area contributed by atoms with E-state index in [-0.39, 0.29) is 30.1 Å². The first kappa shape index (κ1) is 16.8. The predicted octanol–water partition coefficient (Wildman–Crippen LogP) is 1.78. The van der Waals surface area contributed by atoms with Crippen LogP contribution < -0.4 is 11.1 Å². The zero-order valence-corrected chi connectivity index (χ0v) is 13.3. The number of hydrogen-bond acceptors (Lipinski definition) is 3. The third kappa shape index (κ3) is 3.59. The lowest BCUT2D eigenvalue weighted by Gasteiger charge is -2.33. The maximum Gasteiger partial charge on any atom is 0.242 e. The summed E-state index contributed by atoms with van der Waals surface area (Å²) in [6, 6.07) is 9.46. The molecule has 0 atom stereocenters. The number of para-hydroxylation sites is 1. The molecule has 3 rings (SSSR count). The number of nitrogens with one attached hydrogen (secondary N) is 1. The first-order chi connectivity index (χ1) is 10.1. The van der Waals surface area contributed by atoms with Gasteiger partial charge in [0.05, 0.1) is 5.54 Å². The maximum atomic E-state index is 12.2. The van der Waals surface area contributed by atoms with Crippen LogP contribution in [0.15, 0.2) is 30.3 Å². The van der Waals surface area contributed by atoms with Crippen molar-refractivity contribution < 1.29 is 9.59 Å². The first-order valence-corrected chi connectivity index (χ1v) is 7.53. The molecule has 0 radical (unpaired) electrons. The van der Waals surface area contributed by atoms with E-state index >= 15 is 0 Å². The van der Waals surface area contributed by atoms with Gasteiger partial charge in [-0.05, 0) is 37.8 Å². The highest BCUT2D eigenvalue weighted by atomic mass is 35.5. The van der Waals surface area contributed by atoms with Crippen molar-refractivity contribution in [3.05, 3.63) is 30.3 Å². The van der Waals surface area contributed by atoms with Crippen LogP contribution in [0.25, 0.3) is 0 Å².